The molecule has 0 aliphatic heterocycles. The summed E-state index contributed by atoms with van der Waals surface area (Å²) in [4.78, 5) is 4.70. The van der Waals surface area contributed by atoms with Crippen molar-refractivity contribution in [1.82, 2.24) is 4.57 Å². The van der Waals surface area contributed by atoms with E-state index in [4.69, 9.17) is 10.7 Å². The molecule has 0 atom stereocenters. The Hall–Kier alpha value is -5.19. The molecule has 2 N–H and O–H groups in total. The summed E-state index contributed by atoms with van der Waals surface area (Å²) in [5.41, 5.74) is 14.4. The van der Waals surface area contributed by atoms with Gasteiger partial charge in [-0.15, -0.1) is 11.3 Å². The number of para-hydroxylation sites is 1. The zero-order valence-corrected chi connectivity index (χ0v) is 23.7. The molecule has 8 aromatic rings. The Balaban J connectivity index is 1.29. The molecule has 0 saturated heterocycles. The number of fused-ring (bicyclic) bond motifs is 6. The van der Waals surface area contributed by atoms with E-state index < -0.39 is 0 Å². The third kappa shape index (κ3) is 4.08. The number of hydrogen-bond donors (Lipinski definition) is 1. The molecule has 0 spiro atoms. The van der Waals surface area contributed by atoms with Gasteiger partial charge in [-0.25, -0.2) is 0 Å². The Morgan fingerprint density at radius 1 is 0.619 bits per heavy atom. The van der Waals surface area contributed by atoms with Crippen molar-refractivity contribution in [2.45, 2.75) is 6.54 Å². The summed E-state index contributed by atoms with van der Waals surface area (Å²) in [6, 6.07) is 49.5. The van der Waals surface area contributed by atoms with Gasteiger partial charge in [0, 0.05) is 42.2 Å². The van der Waals surface area contributed by atoms with Gasteiger partial charge in [-0.05, 0) is 47.0 Å². The molecule has 0 fully saturated rings. The zero-order valence-electron chi connectivity index (χ0n) is 22.9. The van der Waals surface area contributed by atoms with Gasteiger partial charge < -0.3 is 10.3 Å². The third-order valence-corrected chi connectivity index (χ3v) is 9.28. The number of aliphatic imine (C=N–C) groups is 1. The maximum absolute atomic E-state index is 6.52. The maximum Gasteiger partial charge on any atom is 0.126 e. The zero-order chi connectivity index (χ0) is 28.0. The van der Waals surface area contributed by atoms with E-state index in [1.54, 1.807) is 0 Å². The minimum absolute atomic E-state index is 0.540. The number of amidine groups is 1. The van der Waals surface area contributed by atoms with Crippen molar-refractivity contribution >= 4 is 59.2 Å². The molecular formula is C38H27N3S. The quantitative estimate of drug-likeness (QED) is 0.166. The van der Waals surface area contributed by atoms with Crippen molar-refractivity contribution in [2.75, 3.05) is 0 Å². The standard InChI is InChI=1S/C38H27N3S/c39-38(40-24-25-10-2-1-3-11-25)27-12-8-13-28(22-27)41-34-18-6-4-14-30(34)31-21-20-26(23-35(31)41)29-16-9-17-33-32-15-5-7-19-36(32)42-37(29)33/h1-23H,24H2,(H2,39,40). The van der Waals surface area contributed by atoms with Crippen LogP contribution in [0.25, 0.3) is 58.8 Å². The van der Waals surface area contributed by atoms with Gasteiger partial charge in [-0.3, -0.25) is 4.99 Å². The Bertz CT molecular complexity index is 2290. The van der Waals surface area contributed by atoms with Crippen molar-refractivity contribution in [3.63, 3.8) is 0 Å². The highest BCUT2D eigenvalue weighted by Gasteiger charge is 2.16. The van der Waals surface area contributed by atoms with Crippen LogP contribution < -0.4 is 5.73 Å². The second-order valence-electron chi connectivity index (χ2n) is 10.6. The highest BCUT2D eigenvalue weighted by Crippen LogP contribution is 2.41. The lowest BCUT2D eigenvalue weighted by atomic mass is 10.0. The topological polar surface area (TPSA) is 43.3 Å². The highest BCUT2D eigenvalue weighted by atomic mass is 32.1. The van der Waals surface area contributed by atoms with Crippen molar-refractivity contribution in [3.8, 4) is 16.8 Å². The molecule has 0 radical (unpaired) electrons. The monoisotopic (exact) mass is 557 g/mol. The number of hydrogen-bond acceptors (Lipinski definition) is 2. The SMILES string of the molecule is NC(=NCc1ccccc1)c1cccc(-n2c3ccccc3c3ccc(-c4cccc5c4sc4ccccc45)cc32)c1. The average Bonchev–Trinajstić information content (AvgIpc) is 3.60. The lowest BCUT2D eigenvalue weighted by molar-refractivity contribution is 1.06. The number of rotatable bonds is 5. The van der Waals surface area contributed by atoms with Gasteiger partial charge in [0.2, 0.25) is 0 Å². The maximum atomic E-state index is 6.52. The van der Waals surface area contributed by atoms with E-state index in [0.717, 1.165) is 16.8 Å². The molecule has 4 heteroatoms. The molecule has 0 saturated carbocycles. The molecule has 0 aliphatic rings. The Labute approximate surface area is 247 Å². The summed E-state index contributed by atoms with van der Waals surface area (Å²) in [5, 5.41) is 5.09. The van der Waals surface area contributed by atoms with Gasteiger partial charge >= 0.3 is 0 Å². The normalized spacial score (nSPS) is 12.1. The van der Waals surface area contributed by atoms with E-state index in [0.29, 0.717) is 12.4 Å². The first-order valence-corrected chi connectivity index (χ1v) is 14.9. The number of thiophene rings is 1. The molecule has 0 amide bonds. The third-order valence-electron chi connectivity index (χ3n) is 8.06. The first kappa shape index (κ1) is 24.6. The highest BCUT2D eigenvalue weighted by molar-refractivity contribution is 7.26. The summed E-state index contributed by atoms with van der Waals surface area (Å²) in [7, 11) is 0. The van der Waals surface area contributed by atoms with Crippen LogP contribution in [-0.2, 0) is 6.54 Å². The largest absolute Gasteiger partial charge is 0.383 e. The van der Waals surface area contributed by atoms with Crippen LogP contribution in [0.15, 0.2) is 145 Å². The van der Waals surface area contributed by atoms with Crippen LogP contribution in [-0.4, -0.2) is 10.4 Å². The molecule has 6 aromatic carbocycles. The number of nitrogens with zero attached hydrogens (tertiary/aromatic N) is 2. The van der Waals surface area contributed by atoms with E-state index >= 15 is 0 Å². The van der Waals surface area contributed by atoms with Crippen LogP contribution in [0, 0.1) is 0 Å². The molecule has 3 nitrogen and oxygen atoms in total. The van der Waals surface area contributed by atoms with Crippen molar-refractivity contribution < 1.29 is 0 Å². The molecule has 0 bridgehead atoms. The summed E-state index contributed by atoms with van der Waals surface area (Å²) in [5.74, 6) is 0.540. The molecule has 200 valence electrons. The van der Waals surface area contributed by atoms with E-state index in [1.807, 2.05) is 35.6 Å². The van der Waals surface area contributed by atoms with Crippen LogP contribution in [0.4, 0.5) is 0 Å². The molecule has 2 heterocycles. The van der Waals surface area contributed by atoms with Gasteiger partial charge in [-0.2, -0.15) is 0 Å². The lowest BCUT2D eigenvalue weighted by Gasteiger charge is -2.11. The van der Waals surface area contributed by atoms with Crippen LogP contribution in [0.1, 0.15) is 11.1 Å². The van der Waals surface area contributed by atoms with Crippen molar-refractivity contribution in [2.24, 2.45) is 10.7 Å². The first-order chi connectivity index (χ1) is 20.7. The van der Waals surface area contributed by atoms with E-state index in [2.05, 4.69) is 120 Å². The summed E-state index contributed by atoms with van der Waals surface area (Å²) < 4.78 is 5.00. The van der Waals surface area contributed by atoms with Gasteiger partial charge in [0.25, 0.3) is 0 Å². The molecule has 42 heavy (non-hydrogen) atoms. The Morgan fingerprint density at radius 3 is 2.26 bits per heavy atom. The number of nitrogens with two attached hydrogens (primary N) is 1. The van der Waals surface area contributed by atoms with Gasteiger partial charge in [0.15, 0.2) is 0 Å². The van der Waals surface area contributed by atoms with Gasteiger partial charge in [-0.1, -0.05) is 109 Å². The predicted molar refractivity (Wildman–Crippen MR) is 180 cm³/mol. The number of aromatic nitrogens is 1. The average molecular weight is 558 g/mol. The van der Waals surface area contributed by atoms with Crippen LogP contribution in [0.5, 0.6) is 0 Å². The predicted octanol–water partition coefficient (Wildman–Crippen LogP) is 9.72. The smallest absolute Gasteiger partial charge is 0.126 e. The first-order valence-electron chi connectivity index (χ1n) is 14.1. The molecule has 8 rings (SSSR count). The Morgan fingerprint density at radius 2 is 1.36 bits per heavy atom. The number of benzene rings is 6. The van der Waals surface area contributed by atoms with Crippen LogP contribution in [0.3, 0.4) is 0 Å². The van der Waals surface area contributed by atoms with E-state index in [-0.39, 0.29) is 0 Å². The Kier molecular flexibility index (Phi) is 5.87. The summed E-state index contributed by atoms with van der Waals surface area (Å²) in [6.45, 7) is 0.554. The fraction of sp³-hybridized carbons (Fsp3) is 0.0263. The van der Waals surface area contributed by atoms with Gasteiger partial charge in [0.1, 0.15) is 5.84 Å². The fourth-order valence-electron chi connectivity index (χ4n) is 6.05. The minimum Gasteiger partial charge on any atom is -0.383 e. The second kappa shape index (κ2) is 10.0. The summed E-state index contributed by atoms with van der Waals surface area (Å²) in [6.07, 6.45) is 0. The van der Waals surface area contributed by atoms with Crippen molar-refractivity contribution in [1.29, 1.82) is 0 Å². The second-order valence-corrected chi connectivity index (χ2v) is 11.7. The van der Waals surface area contributed by atoms with E-state index in [1.165, 1.54) is 53.1 Å². The molecule has 2 aromatic heterocycles. The molecule has 0 aliphatic carbocycles. The van der Waals surface area contributed by atoms with Gasteiger partial charge in [0.05, 0.1) is 17.6 Å². The molecular weight excluding hydrogens is 531 g/mol. The minimum atomic E-state index is 0.540. The van der Waals surface area contributed by atoms with E-state index in [9.17, 15) is 0 Å². The summed E-state index contributed by atoms with van der Waals surface area (Å²) >= 11 is 1.87. The molecule has 0 unspecified atom stereocenters. The lowest BCUT2D eigenvalue weighted by Crippen LogP contribution is -2.14. The van der Waals surface area contributed by atoms with Crippen LogP contribution >= 0.6 is 11.3 Å². The fourth-order valence-corrected chi connectivity index (χ4v) is 7.28. The van der Waals surface area contributed by atoms with Crippen LogP contribution in [0.2, 0.25) is 0 Å². The van der Waals surface area contributed by atoms with Crippen molar-refractivity contribution in [3.05, 3.63) is 151 Å².